The first-order valence-corrected chi connectivity index (χ1v) is 4.85. The van der Waals surface area contributed by atoms with E-state index >= 15 is 0 Å². The van der Waals surface area contributed by atoms with Crippen molar-refractivity contribution in [3.8, 4) is 0 Å². The van der Waals surface area contributed by atoms with Crippen molar-refractivity contribution in [3.05, 3.63) is 39.5 Å². The summed E-state index contributed by atoms with van der Waals surface area (Å²) in [7, 11) is 0. The molecule has 0 atom stereocenters. The summed E-state index contributed by atoms with van der Waals surface area (Å²) in [4.78, 5) is 20.9. The van der Waals surface area contributed by atoms with E-state index in [4.69, 9.17) is 5.11 Å². The number of hydrogen-bond acceptors (Lipinski definition) is 6. The normalized spacial score (nSPS) is 10.5. The molecule has 0 aromatic carbocycles. The van der Waals surface area contributed by atoms with Crippen molar-refractivity contribution >= 4 is 11.7 Å². The molecule has 94 valence electrons. The second kappa shape index (κ2) is 4.28. The predicted octanol–water partition coefficient (Wildman–Crippen LogP) is 0.834. The van der Waals surface area contributed by atoms with Crippen LogP contribution in [-0.2, 0) is 6.54 Å². The SMILES string of the molecule is Cc1nonc1Cn1cc([N+](=O)[O-])cc1C(=O)O. The molecule has 0 saturated carbocycles. The molecule has 0 saturated heterocycles. The van der Waals surface area contributed by atoms with Gasteiger partial charge in [0.15, 0.2) is 0 Å². The average Bonchev–Trinajstić information content (AvgIpc) is 2.87. The van der Waals surface area contributed by atoms with Crippen molar-refractivity contribution in [2.24, 2.45) is 0 Å². The Bertz CT molecular complexity index is 614. The summed E-state index contributed by atoms with van der Waals surface area (Å²) in [5.41, 5.74) is 0.441. The Labute approximate surface area is 99.7 Å². The topological polar surface area (TPSA) is 124 Å². The zero-order valence-electron chi connectivity index (χ0n) is 9.23. The third-order valence-corrected chi connectivity index (χ3v) is 2.38. The van der Waals surface area contributed by atoms with Crippen molar-refractivity contribution in [3.63, 3.8) is 0 Å². The highest BCUT2D eigenvalue weighted by Crippen LogP contribution is 2.18. The van der Waals surface area contributed by atoms with E-state index in [9.17, 15) is 14.9 Å². The van der Waals surface area contributed by atoms with Gasteiger partial charge in [-0.05, 0) is 6.92 Å². The molecule has 1 N–H and O–H groups in total. The number of nitrogens with zero attached hydrogens (tertiary/aromatic N) is 4. The molecule has 0 aliphatic heterocycles. The van der Waals surface area contributed by atoms with E-state index in [1.165, 1.54) is 4.57 Å². The van der Waals surface area contributed by atoms with E-state index in [0.717, 1.165) is 12.3 Å². The van der Waals surface area contributed by atoms with Gasteiger partial charge in [-0.2, -0.15) is 0 Å². The van der Waals surface area contributed by atoms with E-state index in [2.05, 4.69) is 14.9 Å². The smallest absolute Gasteiger partial charge is 0.352 e. The van der Waals surface area contributed by atoms with Gasteiger partial charge >= 0.3 is 5.97 Å². The van der Waals surface area contributed by atoms with Crippen LogP contribution in [0.5, 0.6) is 0 Å². The molecule has 2 rings (SSSR count). The molecular formula is C9H8N4O5. The van der Waals surface area contributed by atoms with Gasteiger partial charge in [-0.15, -0.1) is 0 Å². The zero-order valence-corrected chi connectivity index (χ0v) is 9.23. The number of aromatic nitrogens is 3. The fourth-order valence-electron chi connectivity index (χ4n) is 1.46. The lowest BCUT2D eigenvalue weighted by molar-refractivity contribution is -0.384. The Morgan fingerprint density at radius 2 is 2.33 bits per heavy atom. The lowest BCUT2D eigenvalue weighted by Crippen LogP contribution is -2.09. The number of nitro groups is 1. The summed E-state index contributed by atoms with van der Waals surface area (Å²) in [6.45, 7) is 1.69. The van der Waals surface area contributed by atoms with Crippen molar-refractivity contribution < 1.29 is 19.5 Å². The first-order valence-electron chi connectivity index (χ1n) is 4.85. The van der Waals surface area contributed by atoms with Crippen LogP contribution >= 0.6 is 0 Å². The first kappa shape index (κ1) is 11.8. The average molecular weight is 252 g/mol. The predicted molar refractivity (Wildman–Crippen MR) is 56.2 cm³/mol. The van der Waals surface area contributed by atoms with Crippen LogP contribution in [0.25, 0.3) is 0 Å². The minimum Gasteiger partial charge on any atom is -0.477 e. The van der Waals surface area contributed by atoms with Gasteiger partial charge in [0.1, 0.15) is 17.1 Å². The molecule has 18 heavy (non-hydrogen) atoms. The van der Waals surface area contributed by atoms with Crippen LogP contribution in [0.1, 0.15) is 21.9 Å². The number of aryl methyl sites for hydroxylation is 1. The van der Waals surface area contributed by atoms with Crippen molar-refractivity contribution in [2.75, 3.05) is 0 Å². The monoisotopic (exact) mass is 252 g/mol. The molecule has 0 aliphatic carbocycles. The Morgan fingerprint density at radius 1 is 1.61 bits per heavy atom. The summed E-state index contributed by atoms with van der Waals surface area (Å²) in [6.07, 6.45) is 1.14. The highest BCUT2D eigenvalue weighted by molar-refractivity contribution is 5.86. The fraction of sp³-hybridized carbons (Fsp3) is 0.222. The van der Waals surface area contributed by atoms with E-state index in [1.54, 1.807) is 6.92 Å². The first-order chi connectivity index (χ1) is 8.49. The van der Waals surface area contributed by atoms with Gasteiger partial charge in [-0.25, -0.2) is 9.42 Å². The Kier molecular flexibility index (Phi) is 2.80. The van der Waals surface area contributed by atoms with Gasteiger partial charge in [0.05, 0.1) is 17.7 Å². The number of carbonyl (C=O) groups is 1. The second-order valence-corrected chi connectivity index (χ2v) is 3.57. The maximum absolute atomic E-state index is 11.0. The molecule has 2 aromatic heterocycles. The summed E-state index contributed by atoms with van der Waals surface area (Å²) in [5, 5.41) is 26.7. The van der Waals surface area contributed by atoms with E-state index in [-0.39, 0.29) is 17.9 Å². The number of rotatable bonds is 4. The molecular weight excluding hydrogens is 244 g/mol. The van der Waals surface area contributed by atoms with Gasteiger partial charge in [0, 0.05) is 6.07 Å². The molecule has 0 amide bonds. The van der Waals surface area contributed by atoms with Crippen LogP contribution in [-0.4, -0.2) is 30.9 Å². The number of hydrogen-bond donors (Lipinski definition) is 1. The van der Waals surface area contributed by atoms with Crippen LogP contribution in [0.2, 0.25) is 0 Å². The standard InChI is InChI=1S/C9H8N4O5/c1-5-7(11-18-10-5)4-12-3-6(13(16)17)2-8(12)9(14)15/h2-3H,4H2,1H3,(H,14,15). The maximum atomic E-state index is 11.0. The molecule has 2 heterocycles. The molecule has 0 unspecified atom stereocenters. The van der Waals surface area contributed by atoms with Gasteiger partial charge in [0.25, 0.3) is 5.69 Å². The van der Waals surface area contributed by atoms with E-state index < -0.39 is 10.9 Å². The van der Waals surface area contributed by atoms with Crippen molar-refractivity contribution in [1.82, 2.24) is 14.9 Å². The van der Waals surface area contributed by atoms with Gasteiger partial charge < -0.3 is 9.67 Å². The van der Waals surface area contributed by atoms with Crippen LogP contribution in [0.15, 0.2) is 16.9 Å². The molecule has 2 aromatic rings. The van der Waals surface area contributed by atoms with Crippen molar-refractivity contribution in [1.29, 1.82) is 0 Å². The Balaban J connectivity index is 2.40. The van der Waals surface area contributed by atoms with Crippen LogP contribution in [0.4, 0.5) is 5.69 Å². The number of aromatic carboxylic acids is 1. The zero-order chi connectivity index (χ0) is 13.3. The molecule has 9 heteroatoms. The number of carboxylic acids is 1. The van der Waals surface area contributed by atoms with Crippen LogP contribution in [0, 0.1) is 17.0 Å². The second-order valence-electron chi connectivity index (χ2n) is 3.57. The molecule has 0 spiro atoms. The highest BCUT2D eigenvalue weighted by Gasteiger charge is 2.20. The quantitative estimate of drug-likeness (QED) is 0.631. The minimum atomic E-state index is -1.25. The lowest BCUT2D eigenvalue weighted by Gasteiger charge is -2.01. The summed E-state index contributed by atoms with van der Waals surface area (Å²) in [5.74, 6) is -1.25. The van der Waals surface area contributed by atoms with Crippen LogP contribution in [0.3, 0.4) is 0 Å². The minimum absolute atomic E-state index is 0.0464. The van der Waals surface area contributed by atoms with Gasteiger partial charge in [0.2, 0.25) is 0 Å². The van der Waals surface area contributed by atoms with Crippen LogP contribution < -0.4 is 0 Å². The summed E-state index contributed by atoms with van der Waals surface area (Å²) >= 11 is 0. The summed E-state index contributed by atoms with van der Waals surface area (Å²) < 4.78 is 5.69. The lowest BCUT2D eigenvalue weighted by atomic mass is 10.3. The molecule has 0 aliphatic rings. The molecule has 0 radical (unpaired) electrons. The van der Waals surface area contributed by atoms with Crippen molar-refractivity contribution in [2.45, 2.75) is 13.5 Å². The van der Waals surface area contributed by atoms with Gasteiger partial charge in [-0.1, -0.05) is 10.3 Å². The van der Waals surface area contributed by atoms with E-state index in [1.807, 2.05) is 0 Å². The number of carboxylic acid groups (broad SMARTS) is 1. The summed E-state index contributed by atoms with van der Waals surface area (Å²) in [6, 6.07) is 0.991. The van der Waals surface area contributed by atoms with E-state index in [0.29, 0.717) is 11.4 Å². The molecule has 0 fully saturated rings. The molecule has 9 nitrogen and oxygen atoms in total. The third-order valence-electron chi connectivity index (χ3n) is 2.38. The Morgan fingerprint density at radius 3 is 2.83 bits per heavy atom. The maximum Gasteiger partial charge on any atom is 0.352 e. The molecule has 0 bridgehead atoms. The largest absolute Gasteiger partial charge is 0.477 e. The third kappa shape index (κ3) is 2.05. The Hall–Kier alpha value is -2.71. The van der Waals surface area contributed by atoms with Gasteiger partial charge in [-0.3, -0.25) is 10.1 Å². The highest BCUT2D eigenvalue weighted by atomic mass is 16.6. The fourth-order valence-corrected chi connectivity index (χ4v) is 1.46.